The number of anilines is 2. The second-order valence-corrected chi connectivity index (χ2v) is 12.2. The highest BCUT2D eigenvalue weighted by atomic mass is 79.9. The van der Waals surface area contributed by atoms with E-state index >= 15 is 0 Å². The van der Waals surface area contributed by atoms with Crippen molar-refractivity contribution in [1.82, 2.24) is 4.90 Å². The molecule has 0 aliphatic carbocycles. The zero-order chi connectivity index (χ0) is 29.0. The Kier molecular flexibility index (Phi) is 11.8. The summed E-state index contributed by atoms with van der Waals surface area (Å²) in [6.07, 6.45) is -1.44. The summed E-state index contributed by atoms with van der Waals surface area (Å²) < 4.78 is 11.0. The van der Waals surface area contributed by atoms with Gasteiger partial charge in [0.05, 0.1) is 40.7 Å². The zero-order valence-electron chi connectivity index (χ0n) is 22.3. The first kappa shape index (κ1) is 33.0. The largest absolute Gasteiger partial charge is 0.442 e. The molecule has 0 saturated carbocycles. The molecule has 0 spiro atoms. The minimum absolute atomic E-state index is 0. The smallest absolute Gasteiger partial charge is 0.414 e. The highest BCUT2D eigenvalue weighted by molar-refractivity contribution is 8.93. The van der Waals surface area contributed by atoms with Gasteiger partial charge >= 0.3 is 6.09 Å². The third kappa shape index (κ3) is 8.08. The SMILES string of the molecule is Br.CC(C)[C@H](N)C(=O)SCC(=O)N(C[C@H]1CN(c2ccc(N3CCOCC3=O)cc2)C(=O)O1)C(=O)c1ccc(Cl)s1. The summed E-state index contributed by atoms with van der Waals surface area (Å²) in [5.41, 5.74) is 7.11. The van der Waals surface area contributed by atoms with Gasteiger partial charge in [-0.05, 0) is 42.3 Å². The topological polar surface area (TPSA) is 140 Å². The molecule has 2 aromatic rings. The van der Waals surface area contributed by atoms with E-state index in [-0.39, 0.29) is 64.2 Å². The Hall–Kier alpha value is -2.49. The molecule has 2 saturated heterocycles. The van der Waals surface area contributed by atoms with Gasteiger partial charge in [-0.15, -0.1) is 28.3 Å². The lowest BCUT2D eigenvalue weighted by Crippen LogP contribution is -2.44. The van der Waals surface area contributed by atoms with E-state index in [4.69, 9.17) is 26.8 Å². The van der Waals surface area contributed by atoms with E-state index in [9.17, 15) is 24.0 Å². The number of benzene rings is 1. The van der Waals surface area contributed by atoms with Crippen molar-refractivity contribution in [3.05, 3.63) is 45.6 Å². The summed E-state index contributed by atoms with van der Waals surface area (Å²) in [4.78, 5) is 67.9. The van der Waals surface area contributed by atoms with Crippen molar-refractivity contribution in [2.75, 3.05) is 48.4 Å². The first-order valence-electron chi connectivity index (χ1n) is 12.5. The maximum Gasteiger partial charge on any atom is 0.414 e. The van der Waals surface area contributed by atoms with Crippen molar-refractivity contribution in [3.63, 3.8) is 0 Å². The number of amides is 4. The fraction of sp³-hybridized carbons (Fsp3) is 0.423. The van der Waals surface area contributed by atoms with Crippen molar-refractivity contribution in [2.45, 2.75) is 26.0 Å². The maximum atomic E-state index is 13.3. The number of carbonyl (C=O) groups is 5. The third-order valence-electron chi connectivity index (χ3n) is 6.38. The normalized spacial score (nSPS) is 17.7. The molecule has 1 aromatic heterocycles. The molecule has 2 N–H and O–H groups in total. The van der Waals surface area contributed by atoms with Crippen LogP contribution >= 0.6 is 51.7 Å². The average Bonchev–Trinajstić information content (AvgIpc) is 3.54. The van der Waals surface area contributed by atoms with Crippen LogP contribution in [0.1, 0.15) is 23.5 Å². The van der Waals surface area contributed by atoms with Gasteiger partial charge in [0.25, 0.3) is 11.8 Å². The van der Waals surface area contributed by atoms with Crippen LogP contribution in [-0.2, 0) is 23.9 Å². The van der Waals surface area contributed by atoms with Gasteiger partial charge in [0, 0.05) is 17.9 Å². The van der Waals surface area contributed by atoms with E-state index < -0.39 is 30.1 Å². The second-order valence-electron chi connectivity index (χ2n) is 9.52. The second kappa shape index (κ2) is 14.6. The number of nitrogens with two attached hydrogens (primary N) is 1. The van der Waals surface area contributed by atoms with Crippen molar-refractivity contribution in [3.8, 4) is 0 Å². The molecule has 41 heavy (non-hydrogen) atoms. The zero-order valence-corrected chi connectivity index (χ0v) is 26.4. The highest BCUT2D eigenvalue weighted by Crippen LogP contribution is 2.28. The van der Waals surface area contributed by atoms with Crippen molar-refractivity contribution < 1.29 is 33.4 Å². The van der Waals surface area contributed by atoms with Crippen LogP contribution in [0.4, 0.5) is 16.2 Å². The Labute approximate surface area is 261 Å². The lowest BCUT2D eigenvalue weighted by atomic mass is 10.1. The molecular weight excluding hydrogens is 660 g/mol. The Morgan fingerprint density at radius 3 is 2.37 bits per heavy atom. The number of nitrogens with zero attached hydrogens (tertiary/aromatic N) is 3. The molecule has 2 atom stereocenters. The van der Waals surface area contributed by atoms with E-state index in [1.165, 1.54) is 11.0 Å². The Morgan fingerprint density at radius 1 is 1.12 bits per heavy atom. The van der Waals surface area contributed by atoms with Gasteiger partial charge in [0.15, 0.2) is 0 Å². The number of halogens is 2. The molecule has 4 amide bonds. The van der Waals surface area contributed by atoms with Crippen molar-refractivity contribution in [1.29, 1.82) is 0 Å². The van der Waals surface area contributed by atoms with E-state index in [0.29, 0.717) is 28.9 Å². The fourth-order valence-electron chi connectivity index (χ4n) is 4.07. The molecule has 222 valence electrons. The van der Waals surface area contributed by atoms with Gasteiger partial charge in [0.1, 0.15) is 12.7 Å². The summed E-state index contributed by atoms with van der Waals surface area (Å²) in [5, 5.41) is -0.351. The standard InChI is InChI=1S/C26H29ClN4O7S2.BrH/c1-15(2)23(28)25(35)39-14-22(33)31(24(34)19-7-8-20(27)40-19)12-18-11-30(26(36)38-18)17-5-3-16(4-6-17)29-9-10-37-13-21(29)32;/h3-8,15,18,23H,9-14,28H2,1-2H3;1H/t18-,23+;/m1./s1. The number of thioether (sulfide) groups is 1. The number of morpholine rings is 1. The van der Waals surface area contributed by atoms with Crippen LogP contribution in [0.2, 0.25) is 4.34 Å². The van der Waals surface area contributed by atoms with Gasteiger partial charge in [-0.2, -0.15) is 0 Å². The first-order valence-corrected chi connectivity index (χ1v) is 14.7. The molecule has 3 heterocycles. The van der Waals surface area contributed by atoms with Crippen LogP contribution in [0.3, 0.4) is 0 Å². The Morgan fingerprint density at radius 2 is 1.78 bits per heavy atom. The van der Waals surface area contributed by atoms with Crippen LogP contribution in [-0.4, -0.2) is 84.6 Å². The van der Waals surface area contributed by atoms with Gasteiger partial charge in [-0.1, -0.05) is 37.2 Å². The van der Waals surface area contributed by atoms with Gasteiger partial charge in [-0.25, -0.2) is 4.79 Å². The number of rotatable bonds is 9. The molecule has 0 radical (unpaired) electrons. The number of hydrogen-bond acceptors (Lipinski definition) is 10. The summed E-state index contributed by atoms with van der Waals surface area (Å²) in [6, 6.07) is 9.18. The van der Waals surface area contributed by atoms with E-state index in [1.54, 1.807) is 49.1 Å². The molecule has 0 unspecified atom stereocenters. The van der Waals surface area contributed by atoms with Gasteiger partial charge < -0.3 is 20.1 Å². The molecule has 15 heteroatoms. The predicted molar refractivity (Wildman–Crippen MR) is 163 cm³/mol. The third-order valence-corrected chi connectivity index (χ3v) is 8.54. The van der Waals surface area contributed by atoms with Gasteiger partial charge in [0.2, 0.25) is 11.0 Å². The summed E-state index contributed by atoms with van der Waals surface area (Å²) in [5.74, 6) is -1.76. The Balaban J connectivity index is 0.00000462. The molecule has 4 rings (SSSR count). The summed E-state index contributed by atoms with van der Waals surface area (Å²) in [6.45, 7) is 4.38. The van der Waals surface area contributed by atoms with E-state index in [0.717, 1.165) is 28.0 Å². The van der Waals surface area contributed by atoms with Crippen LogP contribution in [0.5, 0.6) is 0 Å². The average molecular weight is 690 g/mol. The Bertz CT molecular complexity index is 1290. The van der Waals surface area contributed by atoms with Crippen molar-refractivity contribution in [2.24, 2.45) is 11.7 Å². The summed E-state index contributed by atoms with van der Waals surface area (Å²) >= 11 is 7.77. The van der Waals surface area contributed by atoms with Crippen LogP contribution in [0.25, 0.3) is 0 Å². The van der Waals surface area contributed by atoms with Crippen LogP contribution < -0.4 is 15.5 Å². The monoisotopic (exact) mass is 688 g/mol. The van der Waals surface area contributed by atoms with E-state index in [1.807, 2.05) is 0 Å². The van der Waals surface area contributed by atoms with E-state index in [2.05, 4.69) is 0 Å². The van der Waals surface area contributed by atoms with Crippen LogP contribution in [0.15, 0.2) is 36.4 Å². The molecule has 2 aliphatic heterocycles. The highest BCUT2D eigenvalue weighted by Gasteiger charge is 2.37. The summed E-state index contributed by atoms with van der Waals surface area (Å²) in [7, 11) is 0. The van der Waals surface area contributed by atoms with Crippen molar-refractivity contribution >= 4 is 92.0 Å². The molecule has 0 bridgehead atoms. The number of ether oxygens (including phenoxy) is 2. The molecule has 2 aliphatic rings. The molecule has 11 nitrogen and oxygen atoms in total. The lowest BCUT2D eigenvalue weighted by Gasteiger charge is -2.27. The minimum Gasteiger partial charge on any atom is -0.442 e. The minimum atomic E-state index is -0.810. The molecular formula is C26H30BrClN4O7S2. The number of imide groups is 1. The quantitative estimate of drug-likeness (QED) is 0.419. The first-order chi connectivity index (χ1) is 19.0. The maximum absolute atomic E-state index is 13.3. The predicted octanol–water partition coefficient (Wildman–Crippen LogP) is 3.58. The number of carbonyl (C=O) groups excluding carboxylic acids is 5. The number of cyclic esters (lactones) is 1. The fourth-order valence-corrected chi connectivity index (χ4v) is 5.95. The number of thiophene rings is 1. The molecule has 1 aromatic carbocycles. The van der Waals surface area contributed by atoms with Gasteiger partial charge in [-0.3, -0.25) is 29.0 Å². The lowest BCUT2D eigenvalue weighted by molar-refractivity contribution is -0.127. The molecule has 2 fully saturated rings. The van der Waals surface area contributed by atoms with Crippen LogP contribution in [0, 0.1) is 5.92 Å². The number of hydrogen-bond donors (Lipinski definition) is 1.